The van der Waals surface area contributed by atoms with E-state index in [1.54, 1.807) is 6.92 Å². The van der Waals surface area contributed by atoms with Gasteiger partial charge in [-0.2, -0.15) is 0 Å². The largest absolute Gasteiger partial charge is 0.488 e. The molecule has 22 heavy (non-hydrogen) atoms. The molecule has 0 bridgehead atoms. The van der Waals surface area contributed by atoms with Gasteiger partial charge in [-0.05, 0) is 30.4 Å². The molecule has 1 unspecified atom stereocenters. The summed E-state index contributed by atoms with van der Waals surface area (Å²) in [6, 6.07) is 20.3. The molecule has 0 amide bonds. The Bertz CT molecular complexity index is 791. The van der Waals surface area contributed by atoms with Crippen molar-refractivity contribution in [1.29, 1.82) is 0 Å². The molecule has 3 rings (SSSR count). The van der Waals surface area contributed by atoms with Crippen LogP contribution in [0.15, 0.2) is 60.7 Å². The lowest BCUT2D eigenvalue weighted by molar-refractivity contribution is 0.191. The van der Waals surface area contributed by atoms with Gasteiger partial charge < -0.3 is 9.84 Å². The molecule has 0 aromatic heterocycles. The van der Waals surface area contributed by atoms with Gasteiger partial charge in [-0.3, -0.25) is 0 Å². The summed E-state index contributed by atoms with van der Waals surface area (Å²) in [6.07, 6.45) is -0.559. The van der Waals surface area contributed by atoms with Crippen LogP contribution in [0.1, 0.15) is 29.7 Å². The molecule has 0 fully saturated rings. The normalized spacial score (nSPS) is 12.3. The molecule has 3 aromatic rings. The van der Waals surface area contributed by atoms with E-state index in [9.17, 15) is 5.11 Å². The van der Waals surface area contributed by atoms with Gasteiger partial charge in [0.15, 0.2) is 0 Å². The Morgan fingerprint density at radius 1 is 0.955 bits per heavy atom. The van der Waals surface area contributed by atoms with Gasteiger partial charge in [0.1, 0.15) is 12.4 Å². The summed E-state index contributed by atoms with van der Waals surface area (Å²) < 4.78 is 6.12. The van der Waals surface area contributed by atoms with Gasteiger partial charge in [-0.1, -0.05) is 60.7 Å². The molecule has 0 radical (unpaired) electrons. The number of ether oxygens (including phenoxy) is 1. The minimum atomic E-state index is -0.559. The van der Waals surface area contributed by atoms with E-state index < -0.39 is 6.10 Å². The third kappa shape index (κ3) is 2.83. The van der Waals surface area contributed by atoms with Crippen molar-refractivity contribution in [3.05, 3.63) is 77.4 Å². The van der Waals surface area contributed by atoms with Crippen molar-refractivity contribution in [3.8, 4) is 5.75 Å². The predicted octanol–water partition coefficient (Wildman–Crippen LogP) is 4.78. The average molecular weight is 292 g/mol. The molecule has 0 saturated heterocycles. The van der Waals surface area contributed by atoms with Crippen molar-refractivity contribution in [2.75, 3.05) is 0 Å². The summed E-state index contributed by atoms with van der Waals surface area (Å²) in [4.78, 5) is 0. The van der Waals surface area contributed by atoms with Crippen LogP contribution in [0.4, 0.5) is 0 Å². The second-order valence-electron chi connectivity index (χ2n) is 5.60. The SMILES string of the molecule is Cc1ccccc1COc1c(C(C)O)ccc2ccccc12. The van der Waals surface area contributed by atoms with Gasteiger partial charge in [0.2, 0.25) is 0 Å². The van der Waals surface area contributed by atoms with Crippen molar-refractivity contribution >= 4 is 10.8 Å². The quantitative estimate of drug-likeness (QED) is 0.750. The zero-order valence-corrected chi connectivity index (χ0v) is 12.9. The van der Waals surface area contributed by atoms with Gasteiger partial charge in [0, 0.05) is 10.9 Å². The minimum Gasteiger partial charge on any atom is -0.488 e. The first-order valence-electron chi connectivity index (χ1n) is 7.54. The molecule has 1 N–H and O–H groups in total. The Morgan fingerprint density at radius 2 is 1.68 bits per heavy atom. The van der Waals surface area contributed by atoms with E-state index in [0.717, 1.165) is 27.6 Å². The molecule has 0 spiro atoms. The van der Waals surface area contributed by atoms with Crippen LogP contribution in [0.3, 0.4) is 0 Å². The van der Waals surface area contributed by atoms with Crippen LogP contribution >= 0.6 is 0 Å². The molecule has 3 aromatic carbocycles. The molecule has 0 heterocycles. The number of hydrogen-bond acceptors (Lipinski definition) is 2. The predicted molar refractivity (Wildman–Crippen MR) is 90.1 cm³/mol. The highest BCUT2D eigenvalue weighted by Crippen LogP contribution is 2.34. The van der Waals surface area contributed by atoms with Crippen LogP contribution in [-0.2, 0) is 6.61 Å². The van der Waals surface area contributed by atoms with E-state index in [2.05, 4.69) is 25.1 Å². The number of benzene rings is 3. The van der Waals surface area contributed by atoms with E-state index in [1.807, 2.05) is 42.5 Å². The highest BCUT2D eigenvalue weighted by atomic mass is 16.5. The lowest BCUT2D eigenvalue weighted by Crippen LogP contribution is -2.03. The van der Waals surface area contributed by atoms with E-state index in [-0.39, 0.29) is 0 Å². The van der Waals surface area contributed by atoms with Crippen LogP contribution in [-0.4, -0.2) is 5.11 Å². The van der Waals surface area contributed by atoms with Crippen LogP contribution in [0.5, 0.6) is 5.75 Å². The maximum absolute atomic E-state index is 10.0. The smallest absolute Gasteiger partial charge is 0.133 e. The maximum Gasteiger partial charge on any atom is 0.133 e. The van der Waals surface area contributed by atoms with Crippen molar-refractivity contribution in [2.45, 2.75) is 26.6 Å². The van der Waals surface area contributed by atoms with E-state index in [0.29, 0.717) is 6.61 Å². The lowest BCUT2D eigenvalue weighted by atomic mass is 10.0. The first-order chi connectivity index (χ1) is 10.7. The molecule has 0 saturated carbocycles. The number of hydrogen-bond donors (Lipinski definition) is 1. The Morgan fingerprint density at radius 3 is 2.45 bits per heavy atom. The van der Waals surface area contributed by atoms with Crippen LogP contribution in [0.25, 0.3) is 10.8 Å². The van der Waals surface area contributed by atoms with Crippen molar-refractivity contribution in [3.63, 3.8) is 0 Å². The second kappa shape index (κ2) is 6.20. The lowest BCUT2D eigenvalue weighted by Gasteiger charge is -2.17. The standard InChI is InChI=1S/C20H20O2/c1-14-7-3-4-9-17(14)13-22-20-18(15(2)21)12-11-16-8-5-6-10-19(16)20/h3-12,15,21H,13H2,1-2H3. The maximum atomic E-state index is 10.0. The number of aliphatic hydroxyl groups excluding tert-OH is 1. The van der Waals surface area contributed by atoms with Gasteiger partial charge in [-0.15, -0.1) is 0 Å². The minimum absolute atomic E-state index is 0.500. The Labute approximate surface area is 131 Å². The number of aryl methyl sites for hydroxylation is 1. The van der Waals surface area contributed by atoms with Crippen LogP contribution in [0.2, 0.25) is 0 Å². The summed E-state index contributed by atoms with van der Waals surface area (Å²) in [6.45, 7) is 4.35. The summed E-state index contributed by atoms with van der Waals surface area (Å²) >= 11 is 0. The first kappa shape index (κ1) is 14.6. The zero-order chi connectivity index (χ0) is 15.5. The zero-order valence-electron chi connectivity index (χ0n) is 12.9. The molecule has 0 aliphatic heterocycles. The Hall–Kier alpha value is -2.32. The summed E-state index contributed by atoms with van der Waals surface area (Å²) in [7, 11) is 0. The molecule has 2 heteroatoms. The topological polar surface area (TPSA) is 29.5 Å². The third-order valence-electron chi connectivity index (χ3n) is 3.99. The van der Waals surface area contributed by atoms with Gasteiger partial charge in [0.25, 0.3) is 0 Å². The average Bonchev–Trinajstić information content (AvgIpc) is 2.53. The molecule has 0 aliphatic carbocycles. The van der Waals surface area contributed by atoms with Crippen LogP contribution in [0, 0.1) is 6.92 Å². The van der Waals surface area contributed by atoms with Crippen molar-refractivity contribution < 1.29 is 9.84 Å². The molecule has 1 atom stereocenters. The molecule has 112 valence electrons. The van der Waals surface area contributed by atoms with Crippen molar-refractivity contribution in [1.82, 2.24) is 0 Å². The fraction of sp³-hybridized carbons (Fsp3) is 0.200. The van der Waals surface area contributed by atoms with E-state index in [1.165, 1.54) is 5.56 Å². The summed E-state index contributed by atoms with van der Waals surface area (Å²) in [5, 5.41) is 12.2. The second-order valence-corrected chi connectivity index (χ2v) is 5.60. The van der Waals surface area contributed by atoms with Gasteiger partial charge >= 0.3 is 0 Å². The first-order valence-corrected chi connectivity index (χ1v) is 7.54. The fourth-order valence-electron chi connectivity index (χ4n) is 2.67. The number of aliphatic hydroxyl groups is 1. The highest BCUT2D eigenvalue weighted by molar-refractivity contribution is 5.89. The summed E-state index contributed by atoms with van der Waals surface area (Å²) in [5.74, 6) is 0.774. The molecular weight excluding hydrogens is 272 g/mol. The molecule has 0 aliphatic rings. The Balaban J connectivity index is 2.01. The molecular formula is C20H20O2. The van der Waals surface area contributed by atoms with E-state index in [4.69, 9.17) is 4.74 Å². The van der Waals surface area contributed by atoms with Gasteiger partial charge in [0.05, 0.1) is 6.10 Å². The fourth-order valence-corrected chi connectivity index (χ4v) is 2.67. The highest BCUT2D eigenvalue weighted by Gasteiger charge is 2.13. The monoisotopic (exact) mass is 292 g/mol. The third-order valence-corrected chi connectivity index (χ3v) is 3.99. The van der Waals surface area contributed by atoms with E-state index >= 15 is 0 Å². The summed E-state index contributed by atoms with van der Waals surface area (Å²) in [5.41, 5.74) is 3.19. The van der Waals surface area contributed by atoms with Crippen molar-refractivity contribution in [2.24, 2.45) is 0 Å². The molecule has 2 nitrogen and oxygen atoms in total. The number of rotatable bonds is 4. The van der Waals surface area contributed by atoms with Crippen LogP contribution < -0.4 is 4.74 Å². The van der Waals surface area contributed by atoms with Gasteiger partial charge in [-0.25, -0.2) is 0 Å². The number of fused-ring (bicyclic) bond motifs is 1. The Kier molecular flexibility index (Phi) is 4.12.